The molecule has 3 N–H and O–H groups in total. The summed E-state index contributed by atoms with van der Waals surface area (Å²) in [7, 11) is 0. The van der Waals surface area contributed by atoms with Crippen LogP contribution in [0.4, 0.5) is 10.5 Å². The van der Waals surface area contributed by atoms with Gasteiger partial charge in [0.2, 0.25) is 11.7 Å². The molecule has 2 amide bonds. The molecule has 4 aromatic carbocycles. The van der Waals surface area contributed by atoms with E-state index in [9.17, 15) is 25.1 Å². The number of hydrogen-bond donors (Lipinski definition) is 3. The minimum Gasteiger partial charge on any atom is -0.459 e. The number of aliphatic hydroxyl groups excluding tert-OH is 2. The number of aliphatic hydroxyl groups is 2. The molecule has 6 atom stereocenters. The van der Waals surface area contributed by atoms with Crippen LogP contribution in [0.15, 0.2) is 114 Å². The first-order valence-electron chi connectivity index (χ1n) is 32.3. The van der Waals surface area contributed by atoms with Crippen molar-refractivity contribution in [2.24, 2.45) is 22.9 Å². The molecule has 7 rings (SSSR count). The van der Waals surface area contributed by atoms with Crippen LogP contribution in [-0.4, -0.2) is 75.9 Å². The van der Waals surface area contributed by atoms with Crippen LogP contribution in [0.1, 0.15) is 210 Å². The Morgan fingerprint density at radius 3 is 2.10 bits per heavy atom. The molecule has 0 saturated heterocycles. The van der Waals surface area contributed by atoms with Gasteiger partial charge in [0.15, 0.2) is 0 Å². The van der Waals surface area contributed by atoms with Crippen LogP contribution in [0.25, 0.3) is 10.8 Å². The fourth-order valence-electron chi connectivity index (χ4n) is 13.3. The van der Waals surface area contributed by atoms with Gasteiger partial charge < -0.3 is 39.5 Å². The number of nitrogens with zero attached hydrogens (tertiary/aromatic N) is 3. The van der Waals surface area contributed by atoms with Gasteiger partial charge in [-0.05, 0) is 108 Å². The van der Waals surface area contributed by atoms with Gasteiger partial charge in [-0.3, -0.25) is 14.9 Å². The summed E-state index contributed by atoms with van der Waals surface area (Å²) in [6, 6.07) is 25.6. The average Bonchev–Trinajstić information content (AvgIpc) is 0.728. The number of unbranched alkanes of at least 4 members (excludes halogenated alkanes) is 19. The number of allylic oxidation sites excluding steroid dienone is 1. The largest absolute Gasteiger partial charge is 0.459 e. The van der Waals surface area contributed by atoms with Gasteiger partial charge in [0.05, 0.1) is 23.2 Å². The number of carbonyl (C=O) groups is 2. The van der Waals surface area contributed by atoms with Crippen LogP contribution < -0.4 is 14.8 Å². The number of benzene rings is 4. The number of nitro benzene ring substituents is 1. The molecule has 0 radical (unpaired) electrons. The molecule has 1 fully saturated rings. The van der Waals surface area contributed by atoms with Gasteiger partial charge in [0, 0.05) is 62.8 Å². The summed E-state index contributed by atoms with van der Waals surface area (Å²) in [5.41, 5.74) is 4.02. The molecule has 14 heteroatoms. The topological polar surface area (TPSA) is 182 Å². The first-order chi connectivity index (χ1) is 41.2. The summed E-state index contributed by atoms with van der Waals surface area (Å²) in [4.78, 5) is 48.8. The molecule has 14 nitrogen and oxygen atoms in total. The van der Waals surface area contributed by atoms with E-state index >= 15 is 4.79 Å². The standard InChI is InChI=1S/C70H98N4O10/c1-4-7-9-11-13-15-17-19-21-27-44-71-69(78)83-58-42-43-64-62(49-58)67-60(36-26-29-46-76)55(32-25-28-45-75)48-61-63(72-82-52-53-38-40-57(41-39-53)74(79)80)50-65(70(84-64,68(61)67)81-47-6-3)73(51-56-34-30-33-54-31-23-24-35-59(54)56)66(77)37-22-20-18-16-14-12-10-8-5-2/h6,23-24,30-31,33-35,38-43,48-49,55,60,65,67-68,75-76H,3-5,7-22,25-29,32,36-37,44-47,50-52H2,1-2H3,(H,71,78). The molecule has 84 heavy (non-hydrogen) atoms. The molecule has 4 aromatic rings. The van der Waals surface area contributed by atoms with Crippen molar-refractivity contribution in [3.8, 4) is 11.5 Å². The summed E-state index contributed by atoms with van der Waals surface area (Å²) in [5, 5.41) is 42.1. The van der Waals surface area contributed by atoms with E-state index in [1.165, 1.54) is 89.2 Å². The third kappa shape index (κ3) is 18.5. The quantitative estimate of drug-likeness (QED) is 0.0168. The second-order valence-corrected chi connectivity index (χ2v) is 23.7. The van der Waals surface area contributed by atoms with E-state index in [4.69, 9.17) is 24.2 Å². The van der Waals surface area contributed by atoms with Gasteiger partial charge in [-0.1, -0.05) is 196 Å². The minimum atomic E-state index is -1.51. The molecule has 0 spiro atoms. The Kier molecular flexibility index (Phi) is 27.6. The fourth-order valence-corrected chi connectivity index (χ4v) is 13.3. The van der Waals surface area contributed by atoms with Gasteiger partial charge in [0.1, 0.15) is 24.1 Å². The van der Waals surface area contributed by atoms with Gasteiger partial charge >= 0.3 is 6.09 Å². The summed E-state index contributed by atoms with van der Waals surface area (Å²) >= 11 is 0. The van der Waals surface area contributed by atoms with Gasteiger partial charge in [-0.15, -0.1) is 6.58 Å². The fraction of sp³-hybridized carbons (Fsp3) is 0.586. The Morgan fingerprint density at radius 1 is 0.786 bits per heavy atom. The third-order valence-corrected chi connectivity index (χ3v) is 17.6. The van der Waals surface area contributed by atoms with Crippen LogP contribution in [0.3, 0.4) is 0 Å². The average molecular weight is 1160 g/mol. The number of nitro groups is 1. The molecule has 0 bridgehead atoms. The van der Waals surface area contributed by atoms with Gasteiger partial charge in [0.25, 0.3) is 5.69 Å². The summed E-state index contributed by atoms with van der Waals surface area (Å²) in [6.45, 7) is 9.64. The van der Waals surface area contributed by atoms with Gasteiger partial charge in [-0.2, -0.15) is 0 Å². The van der Waals surface area contributed by atoms with E-state index in [0.717, 1.165) is 98.1 Å². The molecule has 2 aliphatic carbocycles. The van der Waals surface area contributed by atoms with Crippen molar-refractivity contribution in [2.75, 3.05) is 26.4 Å². The second-order valence-electron chi connectivity index (χ2n) is 23.7. The smallest absolute Gasteiger partial charge is 0.412 e. The maximum atomic E-state index is 15.7. The van der Waals surface area contributed by atoms with Crippen molar-refractivity contribution in [1.82, 2.24) is 10.2 Å². The monoisotopic (exact) mass is 1150 g/mol. The van der Waals surface area contributed by atoms with Crippen molar-refractivity contribution < 1.29 is 43.8 Å². The lowest BCUT2D eigenvalue weighted by molar-refractivity contribution is -0.384. The second kappa shape index (κ2) is 35.4. The van der Waals surface area contributed by atoms with Crippen LogP contribution in [0, 0.1) is 27.9 Å². The molecule has 1 saturated carbocycles. The maximum Gasteiger partial charge on any atom is 0.412 e. The molecule has 1 heterocycles. The number of rotatable bonds is 40. The van der Waals surface area contributed by atoms with Crippen LogP contribution in [0.2, 0.25) is 0 Å². The number of ether oxygens (including phenoxy) is 3. The Hall–Kier alpha value is -6.09. The highest BCUT2D eigenvalue weighted by atomic mass is 16.7. The number of oxime groups is 1. The van der Waals surface area contributed by atoms with E-state index < -0.39 is 28.8 Å². The predicted octanol–water partition coefficient (Wildman–Crippen LogP) is 16.5. The maximum absolute atomic E-state index is 15.7. The minimum absolute atomic E-state index is 0.0215. The van der Waals surface area contributed by atoms with Crippen molar-refractivity contribution in [2.45, 2.75) is 218 Å². The van der Waals surface area contributed by atoms with Gasteiger partial charge in [-0.25, -0.2) is 4.79 Å². The molecule has 6 unspecified atom stereocenters. The zero-order valence-corrected chi connectivity index (χ0v) is 50.7. The Labute approximate surface area is 501 Å². The summed E-state index contributed by atoms with van der Waals surface area (Å²) < 4.78 is 21.1. The van der Waals surface area contributed by atoms with E-state index in [1.54, 1.807) is 24.3 Å². The predicted molar refractivity (Wildman–Crippen MR) is 335 cm³/mol. The van der Waals surface area contributed by atoms with Crippen molar-refractivity contribution in [3.05, 3.63) is 136 Å². The van der Waals surface area contributed by atoms with Crippen molar-refractivity contribution >= 4 is 34.2 Å². The highest BCUT2D eigenvalue weighted by Crippen LogP contribution is 2.62. The molecular formula is C70H98N4O10. The first-order valence-corrected chi connectivity index (χ1v) is 32.3. The summed E-state index contributed by atoms with van der Waals surface area (Å²) in [5.74, 6) is -1.60. The Bertz CT molecular complexity index is 2720. The SMILES string of the molecule is C=CCOC12Oc3ccc(OC(=O)NCCCCCCCCCCCC)cc3C3C(CCCCO)C(CCCCO)C=C(C(=NOCc4ccc([N+](=O)[O-])cc4)CC1N(Cc1cccc4ccccc14)C(=O)CCCCCCCCCCC)C32. The molecular weight excluding hydrogens is 1060 g/mol. The number of nitrogens with one attached hydrogen (secondary N) is 1. The first kappa shape index (κ1) is 65.5. The molecule has 3 aliphatic rings. The third-order valence-electron chi connectivity index (χ3n) is 17.6. The molecule has 1 aliphatic heterocycles. The number of amides is 2. The van der Waals surface area contributed by atoms with E-state index in [0.29, 0.717) is 48.6 Å². The van der Waals surface area contributed by atoms with Crippen LogP contribution >= 0.6 is 0 Å². The number of carbonyl (C=O) groups excluding carboxylic acids is 2. The lowest BCUT2D eigenvalue weighted by Crippen LogP contribution is -2.70. The van der Waals surface area contributed by atoms with Crippen molar-refractivity contribution in [3.63, 3.8) is 0 Å². The Balaban J connectivity index is 1.31. The van der Waals surface area contributed by atoms with E-state index in [2.05, 4.69) is 56.1 Å². The lowest BCUT2D eigenvalue weighted by Gasteiger charge is -2.60. The molecule has 0 aromatic heterocycles. The van der Waals surface area contributed by atoms with Crippen molar-refractivity contribution in [1.29, 1.82) is 0 Å². The summed E-state index contributed by atoms with van der Waals surface area (Å²) in [6.07, 6.45) is 30.3. The lowest BCUT2D eigenvalue weighted by atomic mass is 9.55. The number of fused-ring (bicyclic) bond motifs is 3. The number of non-ortho nitro benzene ring substituents is 1. The zero-order chi connectivity index (χ0) is 59.4. The van der Waals surface area contributed by atoms with E-state index in [-0.39, 0.29) is 68.7 Å². The number of hydrogen-bond acceptors (Lipinski definition) is 11. The highest BCUT2D eigenvalue weighted by molar-refractivity contribution is 6.03. The van der Waals surface area contributed by atoms with Crippen LogP contribution in [0.5, 0.6) is 11.5 Å². The Morgan fingerprint density at radius 2 is 1.43 bits per heavy atom. The normalized spacial score (nSPS) is 20.1. The van der Waals surface area contributed by atoms with E-state index in [1.807, 2.05) is 35.2 Å². The zero-order valence-electron chi connectivity index (χ0n) is 50.7. The molecule has 458 valence electrons. The highest BCUT2D eigenvalue weighted by Gasteiger charge is 2.65. The van der Waals surface area contributed by atoms with Crippen LogP contribution in [-0.2, 0) is 27.5 Å².